The second-order valence-electron chi connectivity index (χ2n) is 8.64. The molecule has 1 saturated carbocycles. The highest BCUT2D eigenvalue weighted by atomic mass is 19.4. The number of halogens is 5. The normalized spacial score (nSPS) is 17.5. The highest BCUT2D eigenvalue weighted by Crippen LogP contribution is 2.38. The predicted octanol–water partition coefficient (Wildman–Crippen LogP) is 4.65. The van der Waals surface area contributed by atoms with Gasteiger partial charge in [-0.3, -0.25) is 9.59 Å². The van der Waals surface area contributed by atoms with Crippen LogP contribution in [-0.2, 0) is 28.9 Å². The van der Waals surface area contributed by atoms with Crippen LogP contribution in [0.3, 0.4) is 0 Å². The molecule has 1 heterocycles. The molecule has 1 aliphatic carbocycles. The van der Waals surface area contributed by atoms with Crippen LogP contribution in [0.1, 0.15) is 35.2 Å². The zero-order chi connectivity index (χ0) is 26.0. The van der Waals surface area contributed by atoms with E-state index in [1.165, 1.54) is 19.1 Å². The molecule has 1 amide bonds. The van der Waals surface area contributed by atoms with E-state index in [1.54, 1.807) is 12.1 Å². The molecule has 0 saturated heterocycles. The maximum atomic E-state index is 15.3. The van der Waals surface area contributed by atoms with Crippen molar-refractivity contribution in [3.63, 3.8) is 0 Å². The van der Waals surface area contributed by atoms with Gasteiger partial charge in [0.05, 0.1) is 23.8 Å². The summed E-state index contributed by atoms with van der Waals surface area (Å²) in [5.41, 5.74) is -2.29. The Morgan fingerprint density at radius 3 is 2.58 bits per heavy atom. The van der Waals surface area contributed by atoms with E-state index in [1.807, 2.05) is 0 Å². The number of carbonyl (C=O) groups excluding carboxylic acids is 1. The van der Waals surface area contributed by atoms with Gasteiger partial charge in [-0.2, -0.15) is 13.2 Å². The SMILES string of the molecule is Cc1cc(=O)[nH]c(-c2c(C(F)(F)F)ccc(CNC(=O)[C@H]3C[C@H](OCc4cccc(F)c4)C3)c2F)n1. The molecule has 0 aliphatic heterocycles. The smallest absolute Gasteiger partial charge is 0.373 e. The van der Waals surface area contributed by atoms with Gasteiger partial charge in [-0.05, 0) is 43.5 Å². The van der Waals surface area contributed by atoms with Crippen LogP contribution < -0.4 is 10.9 Å². The van der Waals surface area contributed by atoms with Gasteiger partial charge in [0.25, 0.3) is 5.56 Å². The average Bonchev–Trinajstić information content (AvgIpc) is 2.75. The second-order valence-corrected chi connectivity index (χ2v) is 8.64. The van der Waals surface area contributed by atoms with Gasteiger partial charge in [0.1, 0.15) is 17.5 Å². The highest BCUT2D eigenvalue weighted by Gasteiger charge is 2.37. The molecule has 1 fully saturated rings. The largest absolute Gasteiger partial charge is 0.417 e. The first-order chi connectivity index (χ1) is 17.0. The lowest BCUT2D eigenvalue weighted by atomic mass is 9.81. The molecule has 6 nitrogen and oxygen atoms in total. The van der Waals surface area contributed by atoms with E-state index in [0.29, 0.717) is 24.5 Å². The van der Waals surface area contributed by atoms with Crippen molar-refractivity contribution < 1.29 is 31.5 Å². The van der Waals surface area contributed by atoms with Gasteiger partial charge in [-0.25, -0.2) is 13.8 Å². The van der Waals surface area contributed by atoms with E-state index in [-0.39, 0.29) is 42.2 Å². The number of H-pyrrole nitrogens is 1. The van der Waals surface area contributed by atoms with Crippen molar-refractivity contribution >= 4 is 5.91 Å². The quantitative estimate of drug-likeness (QED) is 0.456. The second kappa shape index (κ2) is 10.2. The average molecular weight is 507 g/mol. The molecule has 0 spiro atoms. The molecule has 36 heavy (non-hydrogen) atoms. The number of aryl methyl sites for hydroxylation is 1. The predicted molar refractivity (Wildman–Crippen MR) is 120 cm³/mol. The van der Waals surface area contributed by atoms with E-state index >= 15 is 4.39 Å². The summed E-state index contributed by atoms with van der Waals surface area (Å²) in [6.45, 7) is 1.25. The van der Waals surface area contributed by atoms with Crippen molar-refractivity contribution in [3.8, 4) is 11.4 Å². The summed E-state index contributed by atoms with van der Waals surface area (Å²) in [6, 6.07) is 8.70. The van der Waals surface area contributed by atoms with Crippen LogP contribution >= 0.6 is 0 Å². The molecule has 1 aromatic heterocycles. The number of amides is 1. The maximum absolute atomic E-state index is 15.3. The number of benzene rings is 2. The molecule has 3 aromatic rings. The van der Waals surface area contributed by atoms with Crippen LogP contribution in [0.2, 0.25) is 0 Å². The summed E-state index contributed by atoms with van der Waals surface area (Å²) in [6.07, 6.45) is -4.26. The lowest BCUT2D eigenvalue weighted by Gasteiger charge is -2.34. The summed E-state index contributed by atoms with van der Waals surface area (Å²) in [7, 11) is 0. The Hall–Kier alpha value is -3.60. The summed E-state index contributed by atoms with van der Waals surface area (Å²) >= 11 is 0. The third-order valence-corrected chi connectivity index (χ3v) is 5.93. The summed E-state index contributed by atoms with van der Waals surface area (Å²) in [4.78, 5) is 30.2. The zero-order valence-electron chi connectivity index (χ0n) is 19.1. The Bertz CT molecular complexity index is 1330. The fourth-order valence-corrected chi connectivity index (χ4v) is 4.00. The van der Waals surface area contributed by atoms with Crippen molar-refractivity contribution in [1.29, 1.82) is 0 Å². The number of nitrogens with one attached hydrogen (secondary N) is 2. The van der Waals surface area contributed by atoms with Gasteiger partial charge in [0, 0.05) is 29.8 Å². The van der Waals surface area contributed by atoms with Gasteiger partial charge in [-0.15, -0.1) is 0 Å². The first-order valence-electron chi connectivity index (χ1n) is 11.1. The molecule has 4 rings (SSSR count). The van der Waals surface area contributed by atoms with Gasteiger partial charge in [0.15, 0.2) is 0 Å². The van der Waals surface area contributed by atoms with Gasteiger partial charge < -0.3 is 15.0 Å². The van der Waals surface area contributed by atoms with Crippen molar-refractivity contribution in [2.75, 3.05) is 0 Å². The van der Waals surface area contributed by atoms with Gasteiger partial charge in [-0.1, -0.05) is 18.2 Å². The van der Waals surface area contributed by atoms with E-state index in [4.69, 9.17) is 4.74 Å². The van der Waals surface area contributed by atoms with Crippen LogP contribution in [0.15, 0.2) is 47.3 Å². The first kappa shape index (κ1) is 25.5. The van der Waals surface area contributed by atoms with Crippen molar-refractivity contribution in [2.45, 2.75) is 45.2 Å². The Morgan fingerprint density at radius 2 is 1.92 bits per heavy atom. The third kappa shape index (κ3) is 5.78. The number of carbonyl (C=O) groups is 1. The third-order valence-electron chi connectivity index (χ3n) is 5.93. The molecule has 2 aromatic carbocycles. The minimum Gasteiger partial charge on any atom is -0.373 e. The summed E-state index contributed by atoms with van der Waals surface area (Å²) < 4.78 is 74.8. The number of ether oxygens (including phenoxy) is 1. The Labute approximate surface area is 202 Å². The fraction of sp³-hybridized carbons (Fsp3) is 0.320. The molecule has 2 N–H and O–H groups in total. The van der Waals surface area contributed by atoms with Gasteiger partial charge >= 0.3 is 6.18 Å². The Kier molecular flexibility index (Phi) is 7.21. The molecular weight excluding hydrogens is 485 g/mol. The van der Waals surface area contributed by atoms with Crippen LogP contribution in [0, 0.1) is 24.5 Å². The molecular formula is C25H22F5N3O3. The number of alkyl halides is 3. The Balaban J connectivity index is 1.41. The van der Waals surface area contributed by atoms with Crippen LogP contribution in [-0.4, -0.2) is 22.0 Å². The monoisotopic (exact) mass is 507 g/mol. The summed E-state index contributed by atoms with van der Waals surface area (Å²) in [5, 5.41) is 2.55. The van der Waals surface area contributed by atoms with E-state index in [2.05, 4.69) is 15.3 Å². The zero-order valence-corrected chi connectivity index (χ0v) is 19.1. The van der Waals surface area contributed by atoms with Crippen molar-refractivity contribution in [3.05, 3.63) is 86.8 Å². The number of hydrogen-bond donors (Lipinski definition) is 2. The Morgan fingerprint density at radius 1 is 1.17 bits per heavy atom. The van der Waals surface area contributed by atoms with E-state index < -0.39 is 40.4 Å². The standard InChI is InChI=1S/C25H22F5N3O3/c1-13-7-20(34)33-23(32-13)21-19(25(28,29)30)6-5-15(22(21)27)11-31-24(35)16-9-18(10-16)36-12-14-3-2-4-17(26)8-14/h2-8,16,18H,9-12H2,1H3,(H,31,35)(H,32,33,34)/t16-,18-. The van der Waals surface area contributed by atoms with Gasteiger partial charge in [0.2, 0.25) is 5.91 Å². The first-order valence-corrected chi connectivity index (χ1v) is 11.1. The minimum atomic E-state index is -4.90. The maximum Gasteiger partial charge on any atom is 0.417 e. The lowest BCUT2D eigenvalue weighted by molar-refractivity contribution is -0.137. The molecule has 0 radical (unpaired) electrons. The number of aromatic amines is 1. The van der Waals surface area contributed by atoms with Crippen molar-refractivity contribution in [2.24, 2.45) is 5.92 Å². The molecule has 1 aliphatic rings. The van der Waals surface area contributed by atoms with Crippen LogP contribution in [0.4, 0.5) is 22.0 Å². The number of hydrogen-bond acceptors (Lipinski definition) is 4. The van der Waals surface area contributed by atoms with Crippen molar-refractivity contribution in [1.82, 2.24) is 15.3 Å². The fourth-order valence-electron chi connectivity index (χ4n) is 4.00. The molecule has 0 unspecified atom stereocenters. The topological polar surface area (TPSA) is 84.1 Å². The summed E-state index contributed by atoms with van der Waals surface area (Å²) in [5.74, 6) is -2.93. The van der Waals surface area contributed by atoms with E-state index in [9.17, 15) is 27.2 Å². The van der Waals surface area contributed by atoms with Crippen LogP contribution in [0.5, 0.6) is 0 Å². The molecule has 0 atom stereocenters. The molecule has 0 bridgehead atoms. The minimum absolute atomic E-state index is 0.124. The highest BCUT2D eigenvalue weighted by molar-refractivity contribution is 5.79. The number of rotatable bonds is 7. The number of aromatic nitrogens is 2. The molecule has 190 valence electrons. The lowest BCUT2D eigenvalue weighted by Crippen LogP contribution is -2.42. The van der Waals surface area contributed by atoms with E-state index in [0.717, 1.165) is 12.1 Å². The van der Waals surface area contributed by atoms with Crippen LogP contribution in [0.25, 0.3) is 11.4 Å². The number of nitrogens with zero attached hydrogens (tertiary/aromatic N) is 1. The molecule has 11 heteroatoms.